The molecular formula is C58H35N. The Balaban J connectivity index is 1.24. The molecule has 13 aromatic carbocycles. The van der Waals surface area contributed by atoms with Crippen LogP contribution in [0.2, 0.25) is 0 Å². The van der Waals surface area contributed by atoms with Gasteiger partial charge >= 0.3 is 0 Å². The van der Waals surface area contributed by atoms with Crippen molar-refractivity contribution >= 4 is 103 Å². The number of anilines is 3. The fourth-order valence-electron chi connectivity index (χ4n) is 10.5. The molecule has 0 aliphatic carbocycles. The van der Waals surface area contributed by atoms with E-state index in [9.17, 15) is 0 Å². The van der Waals surface area contributed by atoms with Crippen molar-refractivity contribution in [3.8, 4) is 22.3 Å². The zero-order valence-corrected chi connectivity index (χ0v) is 32.2. The maximum atomic E-state index is 2.54. The van der Waals surface area contributed by atoms with Gasteiger partial charge in [-0.1, -0.05) is 164 Å². The lowest BCUT2D eigenvalue weighted by molar-refractivity contribution is 1.29. The first-order chi connectivity index (χ1) is 29.3. The highest BCUT2D eigenvalue weighted by atomic mass is 15.1. The van der Waals surface area contributed by atoms with Crippen LogP contribution in [-0.2, 0) is 0 Å². The van der Waals surface area contributed by atoms with Crippen molar-refractivity contribution in [2.45, 2.75) is 0 Å². The van der Waals surface area contributed by atoms with Gasteiger partial charge in [0, 0.05) is 17.1 Å². The van der Waals surface area contributed by atoms with Crippen LogP contribution in [0.15, 0.2) is 212 Å². The second kappa shape index (κ2) is 12.4. The van der Waals surface area contributed by atoms with Crippen molar-refractivity contribution in [3.05, 3.63) is 212 Å². The van der Waals surface area contributed by atoms with E-state index in [1.54, 1.807) is 0 Å². The van der Waals surface area contributed by atoms with Crippen LogP contribution in [0.3, 0.4) is 0 Å². The summed E-state index contributed by atoms with van der Waals surface area (Å²) in [5, 5.41) is 20.9. The molecule has 0 aliphatic heterocycles. The van der Waals surface area contributed by atoms with Gasteiger partial charge in [-0.15, -0.1) is 0 Å². The molecule has 13 rings (SSSR count). The lowest BCUT2D eigenvalue weighted by Gasteiger charge is -2.25. The van der Waals surface area contributed by atoms with E-state index in [-0.39, 0.29) is 0 Å². The first-order valence-corrected chi connectivity index (χ1v) is 20.5. The summed E-state index contributed by atoms with van der Waals surface area (Å²) in [6.07, 6.45) is 0. The van der Waals surface area contributed by atoms with Crippen LogP contribution >= 0.6 is 0 Å². The monoisotopic (exact) mass is 745 g/mol. The van der Waals surface area contributed by atoms with Crippen LogP contribution < -0.4 is 4.90 Å². The summed E-state index contributed by atoms with van der Waals surface area (Å²) in [4.78, 5) is 2.37. The summed E-state index contributed by atoms with van der Waals surface area (Å²) in [6, 6.07) is 78.6. The van der Waals surface area contributed by atoms with E-state index in [0.29, 0.717) is 0 Å². The SMILES string of the molecule is c1ccc(-c2c3cc4c5ccc(N(c6ccccc6)c6ccccc6)cc5c5cccc(c3c(-c3ccccc3)c3c6cc7ccccc7c7cccc(c23)c76)c54)cc1. The van der Waals surface area contributed by atoms with Crippen molar-refractivity contribution in [2.75, 3.05) is 4.90 Å². The van der Waals surface area contributed by atoms with Crippen molar-refractivity contribution in [1.82, 2.24) is 0 Å². The molecule has 0 radical (unpaired) electrons. The molecule has 0 aliphatic rings. The Kier molecular flexibility index (Phi) is 6.79. The zero-order chi connectivity index (χ0) is 38.6. The molecular weight excluding hydrogens is 711 g/mol. The summed E-state index contributed by atoms with van der Waals surface area (Å²) < 4.78 is 0. The van der Waals surface area contributed by atoms with Gasteiger partial charge in [0.05, 0.1) is 0 Å². The quantitative estimate of drug-likeness (QED) is 0.159. The maximum absolute atomic E-state index is 2.54. The predicted octanol–water partition coefficient (Wildman–Crippen LogP) is 16.6. The molecule has 13 aromatic rings. The Morgan fingerprint density at radius 1 is 0.220 bits per heavy atom. The molecule has 59 heavy (non-hydrogen) atoms. The average Bonchev–Trinajstić information content (AvgIpc) is 3.80. The van der Waals surface area contributed by atoms with Crippen LogP contribution in [0.25, 0.3) is 108 Å². The van der Waals surface area contributed by atoms with E-state index in [4.69, 9.17) is 0 Å². The molecule has 1 nitrogen and oxygen atoms in total. The lowest BCUT2D eigenvalue weighted by Crippen LogP contribution is -2.09. The van der Waals surface area contributed by atoms with Crippen LogP contribution in [0.4, 0.5) is 17.1 Å². The topological polar surface area (TPSA) is 3.24 Å². The second-order valence-electron chi connectivity index (χ2n) is 15.9. The Morgan fingerprint density at radius 2 is 0.729 bits per heavy atom. The minimum atomic E-state index is 1.13. The van der Waals surface area contributed by atoms with Crippen LogP contribution in [0, 0.1) is 0 Å². The normalized spacial score (nSPS) is 12.1. The van der Waals surface area contributed by atoms with Crippen molar-refractivity contribution in [3.63, 3.8) is 0 Å². The predicted molar refractivity (Wildman–Crippen MR) is 254 cm³/mol. The number of benzene rings is 11. The van der Waals surface area contributed by atoms with Crippen molar-refractivity contribution < 1.29 is 0 Å². The van der Waals surface area contributed by atoms with E-state index in [1.165, 1.54) is 108 Å². The standard InChI is InChI=1S/C58H35N/c1-5-17-36(18-6-1)52-51-35-49-43-32-31-41(59(39-22-9-3-10-23-39)40-24-11-4-12-25-40)34-48(43)45-28-16-29-46(54(45)49)56(51)53(37-19-7-2-8-20-37)58-50-33-38-21-13-14-26-42(38)44-27-15-30-47(55(44)50)57(52)58/h1-35H. The highest BCUT2D eigenvalue weighted by molar-refractivity contribution is 6.46. The van der Waals surface area contributed by atoms with Gasteiger partial charge in [-0.3, -0.25) is 0 Å². The summed E-state index contributed by atoms with van der Waals surface area (Å²) in [7, 11) is 0. The molecule has 0 heterocycles. The number of hydrogen-bond donors (Lipinski definition) is 0. The first kappa shape index (κ1) is 32.4. The maximum Gasteiger partial charge on any atom is 0.0468 e. The molecule has 0 atom stereocenters. The number of rotatable bonds is 5. The summed E-state index contributed by atoms with van der Waals surface area (Å²) in [5.41, 5.74) is 8.49. The zero-order valence-electron chi connectivity index (χ0n) is 32.2. The van der Waals surface area contributed by atoms with E-state index in [1.807, 2.05) is 0 Å². The third-order valence-corrected chi connectivity index (χ3v) is 12.8. The summed E-state index contributed by atoms with van der Waals surface area (Å²) >= 11 is 0. The Hall–Kier alpha value is -7.74. The molecule has 1 heteroatoms. The van der Waals surface area contributed by atoms with Crippen LogP contribution in [0.5, 0.6) is 0 Å². The average molecular weight is 746 g/mol. The van der Waals surface area contributed by atoms with Crippen molar-refractivity contribution in [1.29, 1.82) is 0 Å². The number of nitrogens with zero attached hydrogens (tertiary/aromatic N) is 1. The number of fused-ring (bicyclic) bond motifs is 10. The molecule has 0 unspecified atom stereocenters. The number of para-hydroxylation sites is 2. The first-order valence-electron chi connectivity index (χ1n) is 20.5. The third kappa shape index (κ3) is 4.56. The molecule has 0 amide bonds. The molecule has 0 N–H and O–H groups in total. The Morgan fingerprint density at radius 3 is 1.41 bits per heavy atom. The smallest absolute Gasteiger partial charge is 0.0468 e. The molecule has 272 valence electrons. The van der Waals surface area contributed by atoms with Crippen LogP contribution in [0.1, 0.15) is 0 Å². The van der Waals surface area contributed by atoms with E-state index >= 15 is 0 Å². The van der Waals surface area contributed by atoms with Gasteiger partial charge in [-0.05, 0) is 157 Å². The van der Waals surface area contributed by atoms with Crippen LogP contribution in [-0.4, -0.2) is 0 Å². The van der Waals surface area contributed by atoms with Gasteiger partial charge < -0.3 is 4.90 Å². The fourth-order valence-corrected chi connectivity index (χ4v) is 10.5. The highest BCUT2D eigenvalue weighted by Gasteiger charge is 2.27. The van der Waals surface area contributed by atoms with Gasteiger partial charge in [0.25, 0.3) is 0 Å². The molecule has 0 saturated carbocycles. The second-order valence-corrected chi connectivity index (χ2v) is 15.9. The Labute approximate surface area is 341 Å². The third-order valence-electron chi connectivity index (χ3n) is 12.8. The molecule has 0 fully saturated rings. The summed E-state index contributed by atoms with van der Waals surface area (Å²) in [5.74, 6) is 0. The van der Waals surface area contributed by atoms with Gasteiger partial charge in [0.2, 0.25) is 0 Å². The van der Waals surface area contributed by atoms with Gasteiger partial charge in [-0.2, -0.15) is 0 Å². The highest BCUT2D eigenvalue weighted by Crippen LogP contribution is 2.55. The minimum absolute atomic E-state index is 1.13. The molecule has 0 spiro atoms. The molecule has 0 aromatic heterocycles. The van der Waals surface area contributed by atoms with Gasteiger partial charge in [-0.25, -0.2) is 0 Å². The fraction of sp³-hybridized carbons (Fsp3) is 0. The lowest BCUT2D eigenvalue weighted by atomic mass is 9.84. The molecule has 0 saturated heterocycles. The largest absolute Gasteiger partial charge is 0.310 e. The Bertz CT molecular complexity index is 3700. The van der Waals surface area contributed by atoms with E-state index in [2.05, 4.69) is 217 Å². The van der Waals surface area contributed by atoms with Crippen molar-refractivity contribution in [2.24, 2.45) is 0 Å². The van der Waals surface area contributed by atoms with Gasteiger partial charge in [0.1, 0.15) is 0 Å². The van der Waals surface area contributed by atoms with E-state index < -0.39 is 0 Å². The van der Waals surface area contributed by atoms with E-state index in [0.717, 1.165) is 17.1 Å². The molecule has 0 bridgehead atoms. The number of hydrogen-bond acceptors (Lipinski definition) is 1. The summed E-state index contributed by atoms with van der Waals surface area (Å²) in [6.45, 7) is 0. The minimum Gasteiger partial charge on any atom is -0.310 e. The van der Waals surface area contributed by atoms with Gasteiger partial charge in [0.15, 0.2) is 0 Å².